The molecule has 0 aliphatic heterocycles. The van der Waals surface area contributed by atoms with Crippen molar-refractivity contribution in [1.29, 1.82) is 0 Å². The first kappa shape index (κ1) is 15.3. The molecule has 0 aromatic heterocycles. The summed E-state index contributed by atoms with van der Waals surface area (Å²) in [5.41, 5.74) is 7.24. The highest BCUT2D eigenvalue weighted by Crippen LogP contribution is 2.08. The van der Waals surface area contributed by atoms with Crippen molar-refractivity contribution in [3.05, 3.63) is 35.9 Å². The van der Waals surface area contributed by atoms with Crippen LogP contribution in [0.4, 0.5) is 5.69 Å². The van der Waals surface area contributed by atoms with E-state index in [1.54, 1.807) is 6.08 Å². The van der Waals surface area contributed by atoms with E-state index in [9.17, 15) is 4.79 Å². The van der Waals surface area contributed by atoms with E-state index in [1.807, 2.05) is 24.3 Å². The summed E-state index contributed by atoms with van der Waals surface area (Å²) in [4.78, 5) is 11.4. The van der Waals surface area contributed by atoms with E-state index in [1.165, 1.54) is 25.3 Å². The van der Waals surface area contributed by atoms with Gasteiger partial charge in [0.15, 0.2) is 0 Å². The lowest BCUT2D eigenvalue weighted by molar-refractivity contribution is -0.137. The summed E-state index contributed by atoms with van der Waals surface area (Å²) in [7, 11) is 0. The first-order valence-electron chi connectivity index (χ1n) is 6.92. The highest BCUT2D eigenvalue weighted by molar-refractivity contribution is 5.87. The van der Waals surface area contributed by atoms with E-state index in [-0.39, 0.29) is 5.97 Å². The van der Waals surface area contributed by atoms with Crippen molar-refractivity contribution in [2.24, 2.45) is 0 Å². The second-order valence-corrected chi connectivity index (χ2v) is 4.59. The normalized spacial score (nSPS) is 10.8. The molecule has 104 valence electrons. The van der Waals surface area contributed by atoms with Gasteiger partial charge < -0.3 is 10.5 Å². The lowest BCUT2D eigenvalue weighted by Crippen LogP contribution is -2.02. The fourth-order valence-corrected chi connectivity index (χ4v) is 1.75. The van der Waals surface area contributed by atoms with Crippen molar-refractivity contribution < 1.29 is 9.53 Å². The number of anilines is 1. The number of carbonyl (C=O) groups is 1. The van der Waals surface area contributed by atoms with Crippen LogP contribution in [0.5, 0.6) is 0 Å². The lowest BCUT2D eigenvalue weighted by Gasteiger charge is -2.01. The maximum absolute atomic E-state index is 11.4. The van der Waals surface area contributed by atoms with Crippen molar-refractivity contribution in [3.63, 3.8) is 0 Å². The summed E-state index contributed by atoms with van der Waals surface area (Å²) in [5.74, 6) is -0.294. The Morgan fingerprint density at radius 3 is 2.79 bits per heavy atom. The van der Waals surface area contributed by atoms with Gasteiger partial charge in [0.2, 0.25) is 0 Å². The maximum Gasteiger partial charge on any atom is 0.330 e. The van der Waals surface area contributed by atoms with Crippen molar-refractivity contribution >= 4 is 17.7 Å². The molecule has 0 aliphatic rings. The number of benzene rings is 1. The van der Waals surface area contributed by atoms with E-state index < -0.39 is 0 Å². The van der Waals surface area contributed by atoms with Gasteiger partial charge in [-0.2, -0.15) is 0 Å². The summed E-state index contributed by atoms with van der Waals surface area (Å²) in [6.07, 6.45) is 8.92. The van der Waals surface area contributed by atoms with Crippen molar-refractivity contribution in [2.45, 2.75) is 39.0 Å². The van der Waals surface area contributed by atoms with Gasteiger partial charge in [-0.3, -0.25) is 0 Å². The average Bonchev–Trinajstić information content (AvgIpc) is 2.40. The highest BCUT2D eigenvalue weighted by Gasteiger charge is 1.97. The Morgan fingerprint density at radius 1 is 1.26 bits per heavy atom. The Hall–Kier alpha value is -1.77. The SMILES string of the molecule is CCCCCCCOC(=O)/C=C/c1cccc(N)c1. The average molecular weight is 261 g/mol. The fourth-order valence-electron chi connectivity index (χ4n) is 1.75. The molecule has 0 atom stereocenters. The third-order valence-corrected chi connectivity index (χ3v) is 2.81. The van der Waals surface area contributed by atoms with Gasteiger partial charge in [-0.1, -0.05) is 44.7 Å². The van der Waals surface area contributed by atoms with Crippen LogP contribution in [0.2, 0.25) is 0 Å². The minimum absolute atomic E-state index is 0.294. The predicted molar refractivity (Wildman–Crippen MR) is 79.6 cm³/mol. The van der Waals surface area contributed by atoms with Gasteiger partial charge in [0.1, 0.15) is 0 Å². The summed E-state index contributed by atoms with van der Waals surface area (Å²) < 4.78 is 5.12. The second-order valence-electron chi connectivity index (χ2n) is 4.59. The van der Waals surface area contributed by atoms with E-state index in [0.717, 1.165) is 18.4 Å². The van der Waals surface area contributed by atoms with Crippen molar-refractivity contribution in [3.8, 4) is 0 Å². The minimum Gasteiger partial charge on any atom is -0.463 e. The lowest BCUT2D eigenvalue weighted by atomic mass is 10.2. The minimum atomic E-state index is -0.294. The second kappa shape index (κ2) is 9.20. The van der Waals surface area contributed by atoms with Crippen molar-refractivity contribution in [1.82, 2.24) is 0 Å². The van der Waals surface area contributed by atoms with Crippen LogP contribution in [-0.4, -0.2) is 12.6 Å². The molecule has 0 radical (unpaired) electrons. The monoisotopic (exact) mass is 261 g/mol. The van der Waals surface area contributed by atoms with Crippen LogP contribution in [0.15, 0.2) is 30.3 Å². The Labute approximate surface area is 115 Å². The molecule has 0 fully saturated rings. The molecule has 0 heterocycles. The quantitative estimate of drug-likeness (QED) is 0.335. The molecule has 3 heteroatoms. The Morgan fingerprint density at radius 2 is 2.05 bits per heavy atom. The van der Waals surface area contributed by atoms with Crippen LogP contribution in [0, 0.1) is 0 Å². The molecule has 1 rings (SSSR count). The van der Waals surface area contributed by atoms with Crippen LogP contribution in [0.1, 0.15) is 44.6 Å². The van der Waals surface area contributed by atoms with Gasteiger partial charge in [0.25, 0.3) is 0 Å². The number of esters is 1. The molecule has 1 aromatic rings. The van der Waals surface area contributed by atoms with Crippen LogP contribution in [0.25, 0.3) is 6.08 Å². The molecule has 0 spiro atoms. The summed E-state index contributed by atoms with van der Waals surface area (Å²) in [5, 5.41) is 0. The van der Waals surface area contributed by atoms with E-state index in [2.05, 4.69) is 6.92 Å². The standard InChI is InChI=1S/C16H23NO2/c1-2-3-4-5-6-12-19-16(18)11-10-14-8-7-9-15(17)13-14/h7-11,13H,2-6,12,17H2,1H3/b11-10+. The smallest absolute Gasteiger partial charge is 0.330 e. The molecule has 0 saturated carbocycles. The molecule has 0 unspecified atom stereocenters. The molecular weight excluding hydrogens is 238 g/mol. The van der Waals surface area contributed by atoms with Gasteiger partial charge in [0, 0.05) is 11.8 Å². The molecule has 19 heavy (non-hydrogen) atoms. The van der Waals surface area contributed by atoms with Gasteiger partial charge in [-0.25, -0.2) is 4.79 Å². The summed E-state index contributed by atoms with van der Waals surface area (Å²) in [6.45, 7) is 2.69. The molecule has 3 nitrogen and oxygen atoms in total. The molecule has 0 amide bonds. The predicted octanol–water partition coefficient (Wildman–Crippen LogP) is 3.80. The zero-order valence-electron chi connectivity index (χ0n) is 11.6. The summed E-state index contributed by atoms with van der Waals surface area (Å²) >= 11 is 0. The van der Waals surface area contributed by atoms with Crippen LogP contribution in [-0.2, 0) is 9.53 Å². The third kappa shape index (κ3) is 7.29. The number of rotatable bonds is 8. The largest absolute Gasteiger partial charge is 0.463 e. The van der Waals surface area contributed by atoms with E-state index in [0.29, 0.717) is 12.3 Å². The first-order chi connectivity index (χ1) is 9.22. The summed E-state index contributed by atoms with van der Waals surface area (Å²) in [6, 6.07) is 7.37. The van der Waals surface area contributed by atoms with Gasteiger partial charge in [0.05, 0.1) is 6.61 Å². The van der Waals surface area contributed by atoms with E-state index >= 15 is 0 Å². The first-order valence-corrected chi connectivity index (χ1v) is 6.92. The number of hydrogen-bond acceptors (Lipinski definition) is 3. The van der Waals surface area contributed by atoms with Gasteiger partial charge in [-0.05, 0) is 30.2 Å². The molecule has 1 aromatic carbocycles. The van der Waals surface area contributed by atoms with Crippen LogP contribution in [0.3, 0.4) is 0 Å². The molecule has 0 bridgehead atoms. The number of nitrogen functional groups attached to an aromatic ring is 1. The number of carbonyl (C=O) groups excluding carboxylic acids is 1. The highest BCUT2D eigenvalue weighted by atomic mass is 16.5. The van der Waals surface area contributed by atoms with Gasteiger partial charge in [-0.15, -0.1) is 0 Å². The number of hydrogen-bond donors (Lipinski definition) is 1. The number of ether oxygens (including phenoxy) is 1. The molecule has 0 saturated heterocycles. The zero-order chi connectivity index (χ0) is 13.9. The van der Waals surface area contributed by atoms with E-state index in [4.69, 9.17) is 10.5 Å². The van der Waals surface area contributed by atoms with Crippen LogP contribution < -0.4 is 5.73 Å². The topological polar surface area (TPSA) is 52.3 Å². The Balaban J connectivity index is 2.20. The maximum atomic E-state index is 11.4. The Kier molecular flexibility index (Phi) is 7.40. The molecule has 0 aliphatic carbocycles. The molecule has 2 N–H and O–H groups in total. The third-order valence-electron chi connectivity index (χ3n) is 2.81. The number of unbranched alkanes of at least 4 members (excludes halogenated alkanes) is 4. The Bertz CT molecular complexity index is 413. The number of nitrogens with two attached hydrogens (primary N) is 1. The zero-order valence-corrected chi connectivity index (χ0v) is 11.6. The fraction of sp³-hybridized carbons (Fsp3) is 0.438. The van der Waals surface area contributed by atoms with Crippen LogP contribution >= 0.6 is 0 Å². The van der Waals surface area contributed by atoms with Gasteiger partial charge >= 0.3 is 5.97 Å². The van der Waals surface area contributed by atoms with Crippen molar-refractivity contribution in [2.75, 3.05) is 12.3 Å². The molecular formula is C16H23NO2.